The fourth-order valence-electron chi connectivity index (χ4n) is 1.17. The molecule has 17 heavy (non-hydrogen) atoms. The van der Waals surface area contributed by atoms with Gasteiger partial charge < -0.3 is 10.4 Å². The van der Waals surface area contributed by atoms with Crippen molar-refractivity contribution in [2.75, 3.05) is 5.32 Å². The molecule has 0 aliphatic heterocycles. The van der Waals surface area contributed by atoms with Crippen molar-refractivity contribution < 1.29 is 18.7 Å². The number of carbonyl (C=O) groups is 1. The molecule has 0 heterocycles. The van der Waals surface area contributed by atoms with Gasteiger partial charge in [-0.3, -0.25) is 4.79 Å². The van der Waals surface area contributed by atoms with E-state index in [1.54, 1.807) is 6.92 Å². The van der Waals surface area contributed by atoms with Gasteiger partial charge in [-0.1, -0.05) is 0 Å². The van der Waals surface area contributed by atoms with Crippen molar-refractivity contribution in [3.05, 3.63) is 28.2 Å². The number of anilines is 1. The average molecular weight is 308 g/mol. The summed E-state index contributed by atoms with van der Waals surface area (Å²) in [6.07, 6.45) is -0.229. The SMILES string of the molecule is CC(O)CCC(=O)Nc1cc(Br)c(F)cc1F. The zero-order chi connectivity index (χ0) is 13.0. The van der Waals surface area contributed by atoms with Gasteiger partial charge in [0, 0.05) is 12.5 Å². The summed E-state index contributed by atoms with van der Waals surface area (Å²) in [6.45, 7) is 1.56. The molecule has 0 fully saturated rings. The molecule has 1 atom stereocenters. The highest BCUT2D eigenvalue weighted by molar-refractivity contribution is 9.10. The Morgan fingerprint density at radius 2 is 2.12 bits per heavy atom. The highest BCUT2D eigenvalue weighted by Gasteiger charge is 2.11. The van der Waals surface area contributed by atoms with Crippen molar-refractivity contribution in [2.45, 2.75) is 25.9 Å². The smallest absolute Gasteiger partial charge is 0.224 e. The van der Waals surface area contributed by atoms with Crippen molar-refractivity contribution in [3.63, 3.8) is 0 Å². The van der Waals surface area contributed by atoms with E-state index < -0.39 is 23.6 Å². The van der Waals surface area contributed by atoms with Crippen LogP contribution in [0.15, 0.2) is 16.6 Å². The van der Waals surface area contributed by atoms with E-state index in [0.29, 0.717) is 6.07 Å². The van der Waals surface area contributed by atoms with E-state index in [1.807, 2.05) is 0 Å². The molecule has 1 aromatic rings. The first kappa shape index (κ1) is 14.1. The van der Waals surface area contributed by atoms with Gasteiger partial charge >= 0.3 is 0 Å². The van der Waals surface area contributed by atoms with Gasteiger partial charge in [0.05, 0.1) is 16.3 Å². The van der Waals surface area contributed by atoms with Gasteiger partial charge in [-0.05, 0) is 35.3 Å². The van der Waals surface area contributed by atoms with Gasteiger partial charge in [0.25, 0.3) is 0 Å². The summed E-state index contributed by atoms with van der Waals surface area (Å²) in [6, 6.07) is 1.85. The van der Waals surface area contributed by atoms with E-state index >= 15 is 0 Å². The van der Waals surface area contributed by atoms with Crippen molar-refractivity contribution in [1.29, 1.82) is 0 Å². The zero-order valence-electron chi connectivity index (χ0n) is 9.14. The third-order valence-electron chi connectivity index (χ3n) is 2.07. The summed E-state index contributed by atoms with van der Waals surface area (Å²) in [7, 11) is 0. The third kappa shape index (κ3) is 4.40. The molecule has 0 aliphatic carbocycles. The highest BCUT2D eigenvalue weighted by atomic mass is 79.9. The maximum atomic E-state index is 13.3. The molecule has 2 N–H and O–H groups in total. The van der Waals surface area contributed by atoms with E-state index in [9.17, 15) is 13.6 Å². The normalized spacial score (nSPS) is 12.3. The Morgan fingerprint density at radius 1 is 1.47 bits per heavy atom. The summed E-state index contributed by atoms with van der Waals surface area (Å²) in [5.41, 5.74) is -0.0890. The number of aliphatic hydroxyl groups is 1. The fourth-order valence-corrected chi connectivity index (χ4v) is 1.51. The Balaban J connectivity index is 2.68. The molecule has 1 rings (SSSR count). The lowest BCUT2D eigenvalue weighted by Gasteiger charge is -2.08. The number of hydrogen-bond donors (Lipinski definition) is 2. The van der Waals surface area contributed by atoms with Crippen LogP contribution in [-0.2, 0) is 4.79 Å². The van der Waals surface area contributed by atoms with Crippen molar-refractivity contribution in [3.8, 4) is 0 Å². The largest absolute Gasteiger partial charge is 0.393 e. The second kappa shape index (κ2) is 6.07. The quantitative estimate of drug-likeness (QED) is 0.840. The molecule has 1 amide bonds. The number of hydrogen-bond acceptors (Lipinski definition) is 2. The summed E-state index contributed by atoms with van der Waals surface area (Å²) in [4.78, 5) is 11.4. The number of benzene rings is 1. The predicted molar refractivity (Wildman–Crippen MR) is 63.6 cm³/mol. The molecule has 1 unspecified atom stereocenters. The van der Waals surface area contributed by atoms with Gasteiger partial charge in [-0.2, -0.15) is 0 Å². The van der Waals surface area contributed by atoms with Crippen LogP contribution in [0.25, 0.3) is 0 Å². The van der Waals surface area contributed by atoms with Crippen LogP contribution >= 0.6 is 15.9 Å². The third-order valence-corrected chi connectivity index (χ3v) is 2.68. The van der Waals surface area contributed by atoms with Crippen LogP contribution in [0.2, 0.25) is 0 Å². The molecular weight excluding hydrogens is 296 g/mol. The molecule has 0 radical (unpaired) electrons. The molecular formula is C11H12BrF2NO2. The van der Waals surface area contributed by atoms with Crippen LogP contribution in [0.5, 0.6) is 0 Å². The van der Waals surface area contributed by atoms with Gasteiger partial charge in [-0.15, -0.1) is 0 Å². The number of nitrogens with one attached hydrogen (secondary N) is 1. The number of halogens is 3. The Hall–Kier alpha value is -1.01. The lowest BCUT2D eigenvalue weighted by atomic mass is 10.2. The summed E-state index contributed by atoms with van der Waals surface area (Å²) < 4.78 is 26.3. The number of amides is 1. The number of carbonyl (C=O) groups excluding carboxylic acids is 1. The lowest BCUT2D eigenvalue weighted by Crippen LogP contribution is -2.15. The Bertz CT molecular complexity index is 424. The molecule has 0 saturated carbocycles. The standard InChI is InChI=1S/C11H12BrF2NO2/c1-6(16)2-3-11(17)15-10-4-7(12)8(13)5-9(10)14/h4-6,16H,2-3H2,1H3,(H,15,17). The van der Waals surface area contributed by atoms with Crippen LogP contribution < -0.4 is 5.32 Å². The molecule has 94 valence electrons. The Kier molecular flexibility index (Phi) is 5.02. The van der Waals surface area contributed by atoms with Crippen molar-refractivity contribution in [2.24, 2.45) is 0 Å². The van der Waals surface area contributed by atoms with E-state index in [4.69, 9.17) is 5.11 Å². The summed E-state index contributed by atoms with van der Waals surface area (Å²) >= 11 is 2.90. The summed E-state index contributed by atoms with van der Waals surface area (Å²) in [5, 5.41) is 11.3. The van der Waals surface area contributed by atoms with Crippen LogP contribution in [0.4, 0.5) is 14.5 Å². The summed E-state index contributed by atoms with van der Waals surface area (Å²) in [5.74, 6) is -2.00. The van der Waals surface area contributed by atoms with Gasteiger partial charge in [-0.25, -0.2) is 8.78 Å². The first-order valence-corrected chi connectivity index (χ1v) is 5.82. The second-order valence-electron chi connectivity index (χ2n) is 3.68. The first-order valence-electron chi connectivity index (χ1n) is 5.02. The van der Waals surface area contributed by atoms with Gasteiger partial charge in [0.2, 0.25) is 5.91 Å². The minimum Gasteiger partial charge on any atom is -0.393 e. The molecule has 0 aromatic heterocycles. The molecule has 0 bridgehead atoms. The van der Waals surface area contributed by atoms with Crippen LogP contribution in [0, 0.1) is 11.6 Å². The number of aliphatic hydroxyl groups excluding tert-OH is 1. The average Bonchev–Trinajstić information content (AvgIpc) is 2.23. The fraction of sp³-hybridized carbons (Fsp3) is 0.364. The Morgan fingerprint density at radius 3 is 2.71 bits per heavy atom. The Labute approximate surface area is 106 Å². The topological polar surface area (TPSA) is 49.3 Å². The molecule has 6 heteroatoms. The maximum absolute atomic E-state index is 13.3. The van der Waals surface area contributed by atoms with Gasteiger partial charge in [0.15, 0.2) is 0 Å². The highest BCUT2D eigenvalue weighted by Crippen LogP contribution is 2.23. The first-order chi connectivity index (χ1) is 7.90. The second-order valence-corrected chi connectivity index (χ2v) is 4.54. The molecule has 3 nitrogen and oxygen atoms in total. The lowest BCUT2D eigenvalue weighted by molar-refractivity contribution is -0.116. The van der Waals surface area contributed by atoms with Gasteiger partial charge in [0.1, 0.15) is 11.6 Å². The van der Waals surface area contributed by atoms with E-state index in [2.05, 4.69) is 21.2 Å². The monoisotopic (exact) mass is 307 g/mol. The predicted octanol–water partition coefficient (Wildman–Crippen LogP) is 2.83. The molecule has 0 saturated heterocycles. The minimum absolute atomic E-state index is 0.0738. The van der Waals surface area contributed by atoms with Crippen LogP contribution in [0.1, 0.15) is 19.8 Å². The van der Waals surface area contributed by atoms with Crippen LogP contribution in [0.3, 0.4) is 0 Å². The van der Waals surface area contributed by atoms with Crippen LogP contribution in [-0.4, -0.2) is 17.1 Å². The van der Waals surface area contributed by atoms with Crippen molar-refractivity contribution in [1.82, 2.24) is 0 Å². The zero-order valence-corrected chi connectivity index (χ0v) is 10.7. The van der Waals surface area contributed by atoms with Crippen molar-refractivity contribution >= 4 is 27.5 Å². The molecule has 0 aliphatic rings. The van der Waals surface area contributed by atoms with E-state index in [-0.39, 0.29) is 23.0 Å². The minimum atomic E-state index is -0.837. The molecule has 0 spiro atoms. The van der Waals surface area contributed by atoms with E-state index in [1.165, 1.54) is 0 Å². The van der Waals surface area contributed by atoms with E-state index in [0.717, 1.165) is 6.07 Å². The molecule has 1 aromatic carbocycles. The number of rotatable bonds is 4. The maximum Gasteiger partial charge on any atom is 0.224 e.